The first-order chi connectivity index (χ1) is 15.2. The standard InChI is InChI=1S/C25H34N2O5/c1-17(8-6-5-7-13-31-27(29)30)18(2)20-14-22(28)24-21(19-9-11-26-12-10-19)16-25(3,4)32-23(24)15-20/h9-11,14-18,26,28H,5-8,12-13H2,1-4H3. The van der Waals surface area contributed by atoms with E-state index in [0.29, 0.717) is 18.1 Å². The minimum Gasteiger partial charge on any atom is -0.507 e. The maximum atomic E-state index is 11.0. The van der Waals surface area contributed by atoms with Gasteiger partial charge in [0.05, 0.1) is 12.2 Å². The largest absolute Gasteiger partial charge is 0.507 e. The second kappa shape index (κ2) is 10.1. The summed E-state index contributed by atoms with van der Waals surface area (Å²) in [6, 6.07) is 3.94. The number of benzene rings is 1. The summed E-state index contributed by atoms with van der Waals surface area (Å²) in [4.78, 5) is 14.6. The van der Waals surface area contributed by atoms with Gasteiger partial charge < -0.3 is 20.0 Å². The molecule has 0 radical (unpaired) electrons. The SMILES string of the molecule is CC(CCCCCO[N+](=O)[O-])C(C)c1cc(O)c2c(c1)OC(C)(C)C=C2C1=CCNC=C1. The van der Waals surface area contributed by atoms with E-state index in [2.05, 4.69) is 42.2 Å². The molecule has 7 heteroatoms. The summed E-state index contributed by atoms with van der Waals surface area (Å²) in [5, 5.41) is 23.6. The topological polar surface area (TPSA) is 93.9 Å². The monoisotopic (exact) mass is 442 g/mol. The van der Waals surface area contributed by atoms with Crippen molar-refractivity contribution in [2.24, 2.45) is 5.92 Å². The molecule has 32 heavy (non-hydrogen) atoms. The molecule has 0 saturated heterocycles. The molecule has 0 bridgehead atoms. The third-order valence-electron chi connectivity index (χ3n) is 6.25. The van der Waals surface area contributed by atoms with E-state index in [0.717, 1.165) is 48.1 Å². The molecule has 2 N–H and O–H groups in total. The second-order valence-electron chi connectivity index (χ2n) is 9.25. The number of phenols is 1. The molecule has 0 fully saturated rings. The fourth-order valence-electron chi connectivity index (χ4n) is 4.31. The molecule has 0 saturated carbocycles. The van der Waals surface area contributed by atoms with Crippen LogP contribution in [0.2, 0.25) is 0 Å². The van der Waals surface area contributed by atoms with Crippen LogP contribution in [0, 0.1) is 16.0 Å². The van der Waals surface area contributed by atoms with Crippen molar-refractivity contribution in [3.8, 4) is 11.5 Å². The van der Waals surface area contributed by atoms with Gasteiger partial charge in [-0.15, -0.1) is 10.1 Å². The van der Waals surface area contributed by atoms with Crippen molar-refractivity contribution in [1.29, 1.82) is 0 Å². The predicted octanol–water partition coefficient (Wildman–Crippen LogP) is 5.50. The van der Waals surface area contributed by atoms with E-state index >= 15 is 0 Å². The van der Waals surface area contributed by atoms with Gasteiger partial charge in [0.1, 0.15) is 17.1 Å². The average Bonchev–Trinajstić information content (AvgIpc) is 2.74. The summed E-state index contributed by atoms with van der Waals surface area (Å²) in [6.45, 7) is 9.34. The molecule has 0 spiro atoms. The number of nitrogens with zero attached hydrogens (tertiary/aromatic N) is 1. The van der Waals surface area contributed by atoms with Gasteiger partial charge in [-0.3, -0.25) is 0 Å². The first kappa shape index (κ1) is 23.7. The molecule has 2 atom stereocenters. The summed E-state index contributed by atoms with van der Waals surface area (Å²) in [6.07, 6.45) is 11.7. The van der Waals surface area contributed by atoms with Crippen LogP contribution in [0.4, 0.5) is 0 Å². The van der Waals surface area contributed by atoms with Crippen molar-refractivity contribution in [3.05, 3.63) is 63.4 Å². The molecular formula is C25H34N2O5. The highest BCUT2D eigenvalue weighted by atomic mass is 16.9. The van der Waals surface area contributed by atoms with Gasteiger partial charge in [0.2, 0.25) is 0 Å². The maximum Gasteiger partial charge on any atom is 0.294 e. The summed E-state index contributed by atoms with van der Waals surface area (Å²) in [5.41, 5.74) is 3.39. The first-order valence-electron chi connectivity index (χ1n) is 11.3. The molecule has 1 aromatic carbocycles. The maximum absolute atomic E-state index is 11.0. The van der Waals surface area contributed by atoms with Crippen LogP contribution < -0.4 is 10.1 Å². The van der Waals surface area contributed by atoms with Crippen molar-refractivity contribution in [3.63, 3.8) is 0 Å². The van der Waals surface area contributed by atoms with Crippen LogP contribution in [0.15, 0.2) is 42.1 Å². The van der Waals surface area contributed by atoms with E-state index < -0.39 is 10.7 Å². The molecule has 2 aliphatic rings. The van der Waals surface area contributed by atoms with Crippen LogP contribution in [0.25, 0.3) is 5.57 Å². The lowest BCUT2D eigenvalue weighted by Crippen LogP contribution is -2.29. The minimum absolute atomic E-state index is 0.153. The lowest BCUT2D eigenvalue weighted by Gasteiger charge is -2.33. The number of hydrogen-bond acceptors (Lipinski definition) is 6. The number of nitrogens with one attached hydrogen (secondary N) is 1. The number of dihydropyridines is 1. The zero-order valence-corrected chi connectivity index (χ0v) is 19.4. The van der Waals surface area contributed by atoms with Crippen molar-refractivity contribution >= 4 is 5.57 Å². The van der Waals surface area contributed by atoms with E-state index in [9.17, 15) is 15.2 Å². The quantitative estimate of drug-likeness (QED) is 0.282. The van der Waals surface area contributed by atoms with Gasteiger partial charge in [0.25, 0.3) is 5.09 Å². The normalized spacial score (nSPS) is 18.4. The molecule has 2 heterocycles. The molecular weight excluding hydrogens is 408 g/mol. The van der Waals surface area contributed by atoms with Crippen LogP contribution in [-0.4, -0.2) is 28.9 Å². The van der Waals surface area contributed by atoms with E-state index in [1.54, 1.807) is 0 Å². The molecule has 2 unspecified atom stereocenters. The van der Waals surface area contributed by atoms with Crippen LogP contribution >= 0.6 is 0 Å². The second-order valence-corrected chi connectivity index (χ2v) is 9.25. The Morgan fingerprint density at radius 1 is 1.28 bits per heavy atom. The van der Waals surface area contributed by atoms with E-state index in [1.165, 1.54) is 0 Å². The average molecular weight is 443 g/mol. The van der Waals surface area contributed by atoms with Crippen LogP contribution in [0.1, 0.15) is 70.4 Å². The lowest BCUT2D eigenvalue weighted by atomic mass is 9.82. The Balaban J connectivity index is 1.73. The van der Waals surface area contributed by atoms with Crippen molar-refractivity contribution in [2.75, 3.05) is 13.2 Å². The zero-order valence-electron chi connectivity index (χ0n) is 19.4. The molecule has 2 aliphatic heterocycles. The molecule has 0 aromatic heterocycles. The van der Waals surface area contributed by atoms with Gasteiger partial charge in [0.15, 0.2) is 0 Å². The summed E-state index contributed by atoms with van der Waals surface area (Å²) in [7, 11) is 0. The summed E-state index contributed by atoms with van der Waals surface area (Å²) < 4.78 is 6.26. The van der Waals surface area contributed by atoms with Gasteiger partial charge in [-0.25, -0.2) is 0 Å². The highest BCUT2D eigenvalue weighted by Crippen LogP contribution is 2.46. The zero-order chi connectivity index (χ0) is 23.3. The number of ether oxygens (including phenoxy) is 1. The molecule has 1 aromatic rings. The minimum atomic E-state index is -0.741. The fourth-order valence-corrected chi connectivity index (χ4v) is 4.31. The van der Waals surface area contributed by atoms with Crippen LogP contribution in [0.3, 0.4) is 0 Å². The van der Waals surface area contributed by atoms with Crippen molar-refractivity contribution in [2.45, 2.75) is 64.9 Å². The third kappa shape index (κ3) is 5.84. The van der Waals surface area contributed by atoms with Gasteiger partial charge in [-0.05, 0) is 79.3 Å². The summed E-state index contributed by atoms with van der Waals surface area (Å²) >= 11 is 0. The smallest absolute Gasteiger partial charge is 0.294 e. The Morgan fingerprint density at radius 2 is 2.06 bits per heavy atom. The fraction of sp³-hybridized carbons (Fsp3) is 0.520. The van der Waals surface area contributed by atoms with Crippen LogP contribution in [-0.2, 0) is 4.84 Å². The molecule has 0 amide bonds. The Morgan fingerprint density at radius 3 is 2.75 bits per heavy atom. The number of hydrogen-bond donors (Lipinski definition) is 2. The van der Waals surface area contributed by atoms with E-state index in [-0.39, 0.29) is 18.3 Å². The number of unbranched alkanes of at least 4 members (excludes halogenated alkanes) is 2. The lowest BCUT2D eigenvalue weighted by molar-refractivity contribution is -0.757. The van der Waals surface area contributed by atoms with Crippen molar-refractivity contribution < 1.29 is 19.8 Å². The predicted molar refractivity (Wildman–Crippen MR) is 125 cm³/mol. The molecule has 0 aliphatic carbocycles. The number of aromatic hydroxyl groups is 1. The Bertz CT molecular complexity index is 933. The first-order valence-corrected chi connectivity index (χ1v) is 11.3. The van der Waals surface area contributed by atoms with Gasteiger partial charge in [-0.2, -0.15) is 0 Å². The Labute approximate surface area is 189 Å². The molecule has 174 valence electrons. The number of fused-ring (bicyclic) bond motifs is 1. The number of rotatable bonds is 10. The van der Waals surface area contributed by atoms with Gasteiger partial charge in [-0.1, -0.05) is 39.2 Å². The summed E-state index contributed by atoms with van der Waals surface area (Å²) in [5.74, 6) is 1.58. The Kier molecular flexibility index (Phi) is 7.48. The number of phenolic OH excluding ortho intramolecular Hbond substituents is 1. The molecule has 7 nitrogen and oxygen atoms in total. The van der Waals surface area contributed by atoms with E-state index in [4.69, 9.17) is 4.74 Å². The highest BCUT2D eigenvalue weighted by molar-refractivity contribution is 5.89. The van der Waals surface area contributed by atoms with Crippen molar-refractivity contribution in [1.82, 2.24) is 5.32 Å². The highest BCUT2D eigenvalue weighted by Gasteiger charge is 2.31. The number of allylic oxidation sites excluding steroid dienone is 3. The van der Waals surface area contributed by atoms with E-state index in [1.807, 2.05) is 32.2 Å². The Hall–Kier alpha value is -2.96. The van der Waals surface area contributed by atoms with Gasteiger partial charge >= 0.3 is 0 Å². The van der Waals surface area contributed by atoms with Gasteiger partial charge in [0, 0.05) is 6.54 Å². The van der Waals surface area contributed by atoms with Crippen LogP contribution in [0.5, 0.6) is 11.5 Å². The molecule has 3 rings (SSSR count). The third-order valence-corrected chi connectivity index (χ3v) is 6.25.